The highest BCUT2D eigenvalue weighted by molar-refractivity contribution is 6.32. The lowest BCUT2D eigenvalue weighted by Gasteiger charge is -2.28. The average Bonchev–Trinajstić information content (AvgIpc) is 2.68. The fourth-order valence-electron chi connectivity index (χ4n) is 2.53. The van der Waals surface area contributed by atoms with Crippen molar-refractivity contribution in [1.29, 1.82) is 0 Å². The molecule has 1 fully saturated rings. The van der Waals surface area contributed by atoms with Gasteiger partial charge in [0.15, 0.2) is 5.92 Å². The Morgan fingerprint density at radius 3 is 2.04 bits per heavy atom. The molecule has 0 spiro atoms. The van der Waals surface area contributed by atoms with Crippen molar-refractivity contribution in [2.24, 2.45) is 10.9 Å². The van der Waals surface area contributed by atoms with Crippen molar-refractivity contribution >= 4 is 35.4 Å². The molecule has 1 atom stereocenters. The van der Waals surface area contributed by atoms with E-state index in [4.69, 9.17) is 9.47 Å². The highest BCUT2D eigenvalue weighted by Crippen LogP contribution is 2.24. The molecule has 0 aromatic heterocycles. The van der Waals surface area contributed by atoms with E-state index in [-0.39, 0.29) is 0 Å². The van der Waals surface area contributed by atoms with Gasteiger partial charge in [-0.05, 0) is 48.5 Å². The standard InChI is InChI=1S/C19H17N3O5/c1-26-14-7-3-12(4-8-14)20-11-16-17(23)21-19(25)22(18(16)24)13-5-9-15(27-2)10-6-13/h3-11,16H,1-2H3,(H,21,23,25)/t16-/m1/s1. The number of barbiturate groups is 1. The third kappa shape index (κ3) is 3.79. The summed E-state index contributed by atoms with van der Waals surface area (Å²) in [7, 11) is 3.06. The fourth-order valence-corrected chi connectivity index (χ4v) is 2.53. The van der Waals surface area contributed by atoms with E-state index in [1.807, 2.05) is 0 Å². The van der Waals surface area contributed by atoms with Gasteiger partial charge in [-0.25, -0.2) is 9.69 Å². The van der Waals surface area contributed by atoms with Gasteiger partial charge in [-0.3, -0.25) is 19.9 Å². The molecule has 0 radical (unpaired) electrons. The van der Waals surface area contributed by atoms with Gasteiger partial charge in [0.05, 0.1) is 25.6 Å². The molecule has 2 aromatic rings. The van der Waals surface area contributed by atoms with Gasteiger partial charge in [0.25, 0.3) is 5.91 Å². The van der Waals surface area contributed by atoms with E-state index in [0.29, 0.717) is 22.9 Å². The molecule has 1 aliphatic heterocycles. The number of nitrogens with zero attached hydrogens (tertiary/aromatic N) is 2. The number of carbonyl (C=O) groups excluding carboxylic acids is 3. The second kappa shape index (κ2) is 7.69. The van der Waals surface area contributed by atoms with Crippen LogP contribution in [0.5, 0.6) is 11.5 Å². The van der Waals surface area contributed by atoms with E-state index in [2.05, 4.69) is 10.3 Å². The summed E-state index contributed by atoms with van der Waals surface area (Å²) in [6.45, 7) is 0. The maximum Gasteiger partial charge on any atom is 0.335 e. The number of ether oxygens (including phenoxy) is 2. The molecule has 1 N–H and O–H groups in total. The van der Waals surface area contributed by atoms with Gasteiger partial charge >= 0.3 is 6.03 Å². The number of methoxy groups -OCH3 is 2. The third-order valence-corrected chi connectivity index (χ3v) is 3.98. The highest BCUT2D eigenvalue weighted by atomic mass is 16.5. The summed E-state index contributed by atoms with van der Waals surface area (Å²) in [5, 5.41) is 2.18. The van der Waals surface area contributed by atoms with Crippen LogP contribution in [0.15, 0.2) is 53.5 Å². The Labute approximate surface area is 155 Å². The number of nitrogens with one attached hydrogen (secondary N) is 1. The summed E-state index contributed by atoms with van der Waals surface area (Å²) >= 11 is 0. The van der Waals surface area contributed by atoms with Crippen LogP contribution < -0.4 is 19.7 Å². The summed E-state index contributed by atoms with van der Waals surface area (Å²) in [5.74, 6) is -1.36. The van der Waals surface area contributed by atoms with E-state index in [9.17, 15) is 14.4 Å². The van der Waals surface area contributed by atoms with E-state index in [0.717, 1.165) is 4.90 Å². The molecule has 0 aliphatic carbocycles. The van der Waals surface area contributed by atoms with Crippen molar-refractivity contribution in [3.8, 4) is 11.5 Å². The number of hydrogen-bond acceptors (Lipinski definition) is 6. The molecule has 0 bridgehead atoms. The lowest BCUT2D eigenvalue weighted by molar-refractivity contribution is -0.131. The first-order valence-corrected chi connectivity index (χ1v) is 8.04. The number of urea groups is 1. The molecule has 27 heavy (non-hydrogen) atoms. The minimum Gasteiger partial charge on any atom is -0.497 e. The van der Waals surface area contributed by atoms with Crippen LogP contribution in [0.25, 0.3) is 0 Å². The summed E-state index contributed by atoms with van der Waals surface area (Å²) in [5.41, 5.74) is 0.873. The van der Waals surface area contributed by atoms with Crippen LogP contribution in [0, 0.1) is 5.92 Å². The maximum absolute atomic E-state index is 12.7. The monoisotopic (exact) mass is 367 g/mol. The Kier molecular flexibility index (Phi) is 5.16. The summed E-state index contributed by atoms with van der Waals surface area (Å²) in [4.78, 5) is 42.0. The predicted octanol–water partition coefficient (Wildman–Crippen LogP) is 2.31. The van der Waals surface area contributed by atoms with Crippen LogP contribution in [0.3, 0.4) is 0 Å². The molecule has 3 rings (SSSR count). The van der Waals surface area contributed by atoms with Crippen LogP contribution in [0.2, 0.25) is 0 Å². The minimum atomic E-state index is -1.22. The summed E-state index contributed by atoms with van der Waals surface area (Å²) in [6, 6.07) is 12.3. The molecular formula is C19H17N3O5. The van der Waals surface area contributed by atoms with E-state index in [1.54, 1.807) is 55.6 Å². The number of anilines is 1. The van der Waals surface area contributed by atoms with Gasteiger partial charge < -0.3 is 9.47 Å². The number of imide groups is 2. The smallest absolute Gasteiger partial charge is 0.335 e. The number of rotatable bonds is 5. The molecule has 8 nitrogen and oxygen atoms in total. The van der Waals surface area contributed by atoms with E-state index < -0.39 is 23.8 Å². The second-order valence-corrected chi connectivity index (χ2v) is 5.62. The van der Waals surface area contributed by atoms with Crippen LogP contribution in [-0.4, -0.2) is 38.3 Å². The third-order valence-electron chi connectivity index (χ3n) is 3.98. The maximum atomic E-state index is 12.7. The van der Waals surface area contributed by atoms with Crippen molar-refractivity contribution in [2.75, 3.05) is 19.1 Å². The Balaban J connectivity index is 1.83. The molecule has 2 aromatic carbocycles. The Morgan fingerprint density at radius 2 is 1.48 bits per heavy atom. The SMILES string of the molecule is COc1ccc(N=C[C@@H]2C(=O)NC(=O)N(c3ccc(OC)cc3)C2=O)cc1. The molecule has 1 saturated heterocycles. The average molecular weight is 367 g/mol. The minimum absolute atomic E-state index is 0.327. The lowest BCUT2D eigenvalue weighted by Crippen LogP contribution is -2.58. The first-order valence-electron chi connectivity index (χ1n) is 8.04. The van der Waals surface area contributed by atoms with Crippen molar-refractivity contribution in [1.82, 2.24) is 5.32 Å². The van der Waals surface area contributed by atoms with Crippen LogP contribution in [0.1, 0.15) is 0 Å². The number of hydrogen-bond donors (Lipinski definition) is 1. The van der Waals surface area contributed by atoms with Gasteiger partial charge in [0.1, 0.15) is 11.5 Å². The number of carbonyl (C=O) groups is 3. The normalized spacial score (nSPS) is 17.2. The molecule has 4 amide bonds. The number of amides is 4. The van der Waals surface area contributed by atoms with Crippen molar-refractivity contribution in [2.45, 2.75) is 0 Å². The summed E-state index contributed by atoms with van der Waals surface area (Å²) < 4.78 is 10.1. The zero-order chi connectivity index (χ0) is 19.4. The zero-order valence-electron chi connectivity index (χ0n) is 14.7. The zero-order valence-corrected chi connectivity index (χ0v) is 14.7. The predicted molar refractivity (Wildman–Crippen MR) is 98.7 cm³/mol. The van der Waals surface area contributed by atoms with Gasteiger partial charge in [-0.1, -0.05) is 0 Å². The molecule has 1 heterocycles. The molecular weight excluding hydrogens is 350 g/mol. The van der Waals surface area contributed by atoms with Crippen molar-refractivity contribution < 1.29 is 23.9 Å². The van der Waals surface area contributed by atoms with Crippen LogP contribution >= 0.6 is 0 Å². The van der Waals surface area contributed by atoms with Gasteiger partial charge in [0.2, 0.25) is 5.91 Å². The highest BCUT2D eigenvalue weighted by Gasteiger charge is 2.40. The largest absolute Gasteiger partial charge is 0.497 e. The molecule has 0 unspecified atom stereocenters. The van der Waals surface area contributed by atoms with Crippen LogP contribution in [0.4, 0.5) is 16.2 Å². The van der Waals surface area contributed by atoms with Crippen molar-refractivity contribution in [3.05, 3.63) is 48.5 Å². The summed E-state index contributed by atoms with van der Waals surface area (Å²) in [6.07, 6.45) is 1.22. The Bertz CT molecular complexity index is 891. The molecule has 8 heteroatoms. The fraction of sp³-hybridized carbons (Fsp3) is 0.158. The second-order valence-electron chi connectivity index (χ2n) is 5.62. The molecule has 1 aliphatic rings. The molecule has 138 valence electrons. The number of benzene rings is 2. The number of aliphatic imine (C=N–C) groups is 1. The van der Waals surface area contributed by atoms with Gasteiger partial charge in [-0.15, -0.1) is 0 Å². The Morgan fingerprint density at radius 1 is 0.926 bits per heavy atom. The molecule has 0 saturated carbocycles. The topological polar surface area (TPSA) is 97.3 Å². The van der Waals surface area contributed by atoms with E-state index in [1.165, 1.54) is 13.3 Å². The van der Waals surface area contributed by atoms with E-state index >= 15 is 0 Å². The lowest BCUT2D eigenvalue weighted by atomic mass is 10.1. The quantitative estimate of drug-likeness (QED) is 0.646. The van der Waals surface area contributed by atoms with Gasteiger partial charge in [0, 0.05) is 6.21 Å². The van der Waals surface area contributed by atoms with Crippen molar-refractivity contribution in [3.63, 3.8) is 0 Å². The Hall–Kier alpha value is -3.68. The first-order chi connectivity index (χ1) is 13.0. The van der Waals surface area contributed by atoms with Gasteiger partial charge in [-0.2, -0.15) is 0 Å². The van der Waals surface area contributed by atoms with Crippen LogP contribution in [-0.2, 0) is 9.59 Å². The first kappa shape index (κ1) is 18.1.